The van der Waals surface area contributed by atoms with Gasteiger partial charge in [0, 0.05) is 4.88 Å². The van der Waals surface area contributed by atoms with Gasteiger partial charge in [-0.2, -0.15) is 0 Å². The van der Waals surface area contributed by atoms with E-state index in [-0.39, 0.29) is 24.3 Å². The van der Waals surface area contributed by atoms with Crippen molar-refractivity contribution in [3.63, 3.8) is 0 Å². The highest BCUT2D eigenvalue weighted by atomic mass is 32.1. The fraction of sp³-hybridized carbons (Fsp3) is 0.611. The van der Waals surface area contributed by atoms with Crippen LogP contribution in [0.4, 0.5) is 5.00 Å². The Morgan fingerprint density at radius 1 is 1.27 bits per heavy atom. The van der Waals surface area contributed by atoms with Gasteiger partial charge in [-0.3, -0.25) is 19.3 Å². The lowest BCUT2D eigenvalue weighted by atomic mass is 9.97. The number of anilines is 1. The molecule has 2 heterocycles. The zero-order valence-corrected chi connectivity index (χ0v) is 15.8. The van der Waals surface area contributed by atoms with E-state index in [0.29, 0.717) is 43.1 Å². The smallest absolute Gasteiger partial charge is 0.309 e. The van der Waals surface area contributed by atoms with Crippen LogP contribution in [-0.4, -0.2) is 48.9 Å². The maximum Gasteiger partial charge on any atom is 0.309 e. The summed E-state index contributed by atoms with van der Waals surface area (Å²) in [7, 11) is 0. The fourth-order valence-electron chi connectivity index (χ4n) is 3.71. The summed E-state index contributed by atoms with van der Waals surface area (Å²) in [5.41, 5.74) is 7.01. The molecule has 0 unspecified atom stereocenters. The number of piperidine rings is 1. The third kappa shape index (κ3) is 4.07. The molecular weight excluding hydrogens is 354 g/mol. The standard InChI is InChI=1S/C18H25N3O4S/c1-2-25-18(24)11-6-8-21(9-7-11)10-14(22)20-17-15(16(19)23)12-4-3-5-13(12)26-17/h11H,2-10H2,1H3,(H2,19,23)(H,20,22). The quantitative estimate of drug-likeness (QED) is 0.730. The Morgan fingerprint density at radius 2 is 2.00 bits per heavy atom. The van der Waals surface area contributed by atoms with Crippen LogP contribution in [0.5, 0.6) is 0 Å². The van der Waals surface area contributed by atoms with E-state index in [1.54, 1.807) is 6.92 Å². The number of ether oxygens (including phenoxy) is 1. The molecule has 26 heavy (non-hydrogen) atoms. The molecular formula is C18H25N3O4S. The molecule has 1 aliphatic carbocycles. The van der Waals surface area contributed by atoms with Crippen molar-refractivity contribution in [2.24, 2.45) is 11.7 Å². The second kappa shape index (κ2) is 8.18. The molecule has 0 aromatic carbocycles. The number of likely N-dealkylation sites (tertiary alicyclic amines) is 1. The number of carbonyl (C=O) groups is 3. The molecule has 0 saturated carbocycles. The van der Waals surface area contributed by atoms with E-state index in [2.05, 4.69) is 5.32 Å². The predicted octanol–water partition coefficient (Wildman–Crippen LogP) is 1.55. The lowest BCUT2D eigenvalue weighted by molar-refractivity contribution is -0.149. The second-order valence-corrected chi connectivity index (χ2v) is 7.88. The number of fused-ring (bicyclic) bond motifs is 1. The Morgan fingerprint density at radius 3 is 2.65 bits per heavy atom. The molecule has 0 radical (unpaired) electrons. The lowest BCUT2D eigenvalue weighted by Gasteiger charge is -2.30. The van der Waals surface area contributed by atoms with E-state index in [4.69, 9.17) is 10.5 Å². The fourth-order valence-corrected chi connectivity index (χ4v) is 5.02. The summed E-state index contributed by atoms with van der Waals surface area (Å²) in [4.78, 5) is 39.2. The number of aryl methyl sites for hydroxylation is 1. The first-order valence-electron chi connectivity index (χ1n) is 9.12. The van der Waals surface area contributed by atoms with E-state index < -0.39 is 5.91 Å². The number of nitrogens with zero attached hydrogens (tertiary/aromatic N) is 1. The minimum atomic E-state index is -0.477. The van der Waals surface area contributed by atoms with Crippen LogP contribution in [0.25, 0.3) is 0 Å². The van der Waals surface area contributed by atoms with Crippen molar-refractivity contribution in [1.29, 1.82) is 0 Å². The molecule has 2 aliphatic rings. The largest absolute Gasteiger partial charge is 0.466 e. The van der Waals surface area contributed by atoms with Crippen molar-refractivity contribution in [3.05, 3.63) is 16.0 Å². The maximum atomic E-state index is 12.4. The Kier molecular flexibility index (Phi) is 5.93. The SMILES string of the molecule is CCOC(=O)C1CCN(CC(=O)Nc2sc3c(c2C(N)=O)CCC3)CC1. The molecule has 1 aromatic rings. The topological polar surface area (TPSA) is 102 Å². The van der Waals surface area contributed by atoms with Crippen LogP contribution in [0, 0.1) is 5.92 Å². The summed E-state index contributed by atoms with van der Waals surface area (Å²) in [5.74, 6) is -0.844. The van der Waals surface area contributed by atoms with E-state index in [9.17, 15) is 14.4 Å². The summed E-state index contributed by atoms with van der Waals surface area (Å²) in [5, 5.41) is 3.45. The molecule has 1 aliphatic heterocycles. The van der Waals surface area contributed by atoms with Crippen molar-refractivity contribution in [2.45, 2.75) is 39.0 Å². The summed E-state index contributed by atoms with van der Waals surface area (Å²) in [6.45, 7) is 3.81. The van der Waals surface area contributed by atoms with Gasteiger partial charge in [0.2, 0.25) is 5.91 Å². The number of hydrogen-bond acceptors (Lipinski definition) is 6. The highest BCUT2D eigenvalue weighted by Gasteiger charge is 2.28. The molecule has 0 atom stereocenters. The predicted molar refractivity (Wildman–Crippen MR) is 99.3 cm³/mol. The van der Waals surface area contributed by atoms with Crippen molar-refractivity contribution in [2.75, 3.05) is 31.6 Å². The number of thiophene rings is 1. The molecule has 7 nitrogen and oxygen atoms in total. The zero-order valence-electron chi connectivity index (χ0n) is 15.0. The zero-order chi connectivity index (χ0) is 18.7. The number of nitrogens with one attached hydrogen (secondary N) is 1. The maximum absolute atomic E-state index is 12.4. The molecule has 3 N–H and O–H groups in total. The van der Waals surface area contributed by atoms with Crippen LogP contribution in [-0.2, 0) is 27.2 Å². The molecule has 1 saturated heterocycles. The summed E-state index contributed by atoms with van der Waals surface area (Å²) in [6, 6.07) is 0. The number of amides is 2. The van der Waals surface area contributed by atoms with Gasteiger partial charge in [0.1, 0.15) is 5.00 Å². The molecule has 142 valence electrons. The van der Waals surface area contributed by atoms with Crippen LogP contribution < -0.4 is 11.1 Å². The van der Waals surface area contributed by atoms with Gasteiger partial charge < -0.3 is 15.8 Å². The summed E-state index contributed by atoms with van der Waals surface area (Å²) >= 11 is 1.46. The molecule has 8 heteroatoms. The molecule has 1 fully saturated rings. The minimum absolute atomic E-state index is 0.0732. The van der Waals surface area contributed by atoms with Gasteiger partial charge >= 0.3 is 5.97 Å². The van der Waals surface area contributed by atoms with E-state index in [1.807, 2.05) is 4.90 Å². The van der Waals surface area contributed by atoms with E-state index in [0.717, 1.165) is 29.7 Å². The van der Waals surface area contributed by atoms with Crippen LogP contribution in [0.2, 0.25) is 0 Å². The normalized spacial score (nSPS) is 17.7. The molecule has 1 aromatic heterocycles. The number of carbonyl (C=O) groups excluding carboxylic acids is 3. The number of esters is 1. The number of primary amides is 1. The van der Waals surface area contributed by atoms with Crippen LogP contribution in [0.3, 0.4) is 0 Å². The van der Waals surface area contributed by atoms with Gasteiger partial charge in [0.25, 0.3) is 5.91 Å². The van der Waals surface area contributed by atoms with Gasteiger partial charge in [0.05, 0.1) is 24.6 Å². The van der Waals surface area contributed by atoms with Crippen molar-refractivity contribution >= 4 is 34.1 Å². The minimum Gasteiger partial charge on any atom is -0.466 e. The average Bonchev–Trinajstić information content (AvgIpc) is 3.15. The third-order valence-corrected chi connectivity index (χ3v) is 6.20. The molecule has 3 rings (SSSR count). The number of rotatable bonds is 6. The first kappa shape index (κ1) is 18.8. The highest BCUT2D eigenvalue weighted by molar-refractivity contribution is 7.17. The van der Waals surface area contributed by atoms with Crippen LogP contribution >= 0.6 is 11.3 Å². The summed E-state index contributed by atoms with van der Waals surface area (Å²) < 4.78 is 5.06. The Balaban J connectivity index is 1.54. The van der Waals surface area contributed by atoms with Crippen molar-refractivity contribution in [1.82, 2.24) is 4.90 Å². The van der Waals surface area contributed by atoms with Gasteiger partial charge in [-0.05, 0) is 57.7 Å². The first-order chi connectivity index (χ1) is 12.5. The third-order valence-electron chi connectivity index (χ3n) is 5.00. The Hall–Kier alpha value is -1.93. The number of hydrogen-bond donors (Lipinski definition) is 2. The van der Waals surface area contributed by atoms with Gasteiger partial charge in [-0.15, -0.1) is 11.3 Å². The van der Waals surface area contributed by atoms with E-state index in [1.165, 1.54) is 11.3 Å². The lowest BCUT2D eigenvalue weighted by Crippen LogP contribution is -2.41. The molecule has 2 amide bonds. The van der Waals surface area contributed by atoms with Gasteiger partial charge in [0.15, 0.2) is 0 Å². The van der Waals surface area contributed by atoms with Crippen molar-refractivity contribution in [3.8, 4) is 0 Å². The monoisotopic (exact) mass is 379 g/mol. The van der Waals surface area contributed by atoms with Gasteiger partial charge in [-0.25, -0.2) is 0 Å². The Labute approximate surface area is 156 Å². The first-order valence-corrected chi connectivity index (χ1v) is 9.94. The number of nitrogens with two attached hydrogens (primary N) is 1. The molecule has 0 spiro atoms. The van der Waals surface area contributed by atoms with Crippen LogP contribution in [0.1, 0.15) is 47.0 Å². The van der Waals surface area contributed by atoms with Crippen molar-refractivity contribution < 1.29 is 19.1 Å². The molecule has 0 bridgehead atoms. The van der Waals surface area contributed by atoms with E-state index >= 15 is 0 Å². The summed E-state index contributed by atoms with van der Waals surface area (Å²) in [6.07, 6.45) is 4.22. The highest BCUT2D eigenvalue weighted by Crippen LogP contribution is 2.38. The van der Waals surface area contributed by atoms with Gasteiger partial charge in [-0.1, -0.05) is 0 Å². The Bertz CT molecular complexity index is 708. The second-order valence-electron chi connectivity index (χ2n) is 6.78. The van der Waals surface area contributed by atoms with Crippen LogP contribution in [0.15, 0.2) is 0 Å². The average molecular weight is 379 g/mol.